The molecule has 2 rings (SSSR count). The fraction of sp³-hybridized carbons (Fsp3) is 0.182. The Bertz CT molecular complexity index is 486. The summed E-state index contributed by atoms with van der Waals surface area (Å²) >= 11 is 0. The zero-order chi connectivity index (χ0) is 10.8. The molecule has 0 aliphatic carbocycles. The molecule has 0 aliphatic heterocycles. The van der Waals surface area contributed by atoms with Gasteiger partial charge in [0.2, 0.25) is 11.6 Å². The molecule has 0 unspecified atom stereocenters. The van der Waals surface area contributed by atoms with E-state index in [-0.39, 0.29) is 11.6 Å². The fourth-order valence-corrected chi connectivity index (χ4v) is 1.18. The zero-order valence-electron chi connectivity index (χ0n) is 8.52. The third kappa shape index (κ3) is 1.93. The van der Waals surface area contributed by atoms with Crippen molar-refractivity contribution in [2.24, 2.45) is 0 Å². The third-order valence-corrected chi connectivity index (χ3v) is 2.04. The molecule has 76 valence electrons. The van der Waals surface area contributed by atoms with Crippen LogP contribution in [0.15, 0.2) is 28.8 Å². The highest BCUT2D eigenvalue weighted by Gasteiger charge is 2.11. The minimum Gasteiger partial charge on any atom is -0.334 e. The molecule has 0 amide bonds. The van der Waals surface area contributed by atoms with Crippen molar-refractivity contribution in [3.63, 3.8) is 0 Å². The summed E-state index contributed by atoms with van der Waals surface area (Å²) in [7, 11) is 0. The molecule has 0 fully saturated rings. The number of nitrogens with zero attached hydrogens (tertiary/aromatic N) is 2. The number of benzene rings is 1. The number of Topliss-reactive ketones (excluding diaryl/α,β-unsaturated/α-hetero) is 1. The lowest BCUT2D eigenvalue weighted by Gasteiger charge is -1.93. The number of aromatic nitrogens is 2. The number of hydrogen-bond donors (Lipinski definition) is 0. The van der Waals surface area contributed by atoms with Gasteiger partial charge < -0.3 is 4.52 Å². The van der Waals surface area contributed by atoms with Gasteiger partial charge in [-0.05, 0) is 19.1 Å². The van der Waals surface area contributed by atoms with Crippen LogP contribution in [0.3, 0.4) is 0 Å². The molecular formula is C11H10N2O2. The average molecular weight is 202 g/mol. The van der Waals surface area contributed by atoms with E-state index >= 15 is 0 Å². The maximum atomic E-state index is 11.0. The van der Waals surface area contributed by atoms with Gasteiger partial charge in [-0.3, -0.25) is 4.79 Å². The molecule has 0 radical (unpaired) electrons. The van der Waals surface area contributed by atoms with E-state index in [0.717, 1.165) is 11.1 Å². The molecule has 1 aromatic carbocycles. The molecule has 1 aromatic heterocycles. The van der Waals surface area contributed by atoms with Gasteiger partial charge in [-0.1, -0.05) is 22.9 Å². The Balaban J connectivity index is 2.37. The van der Waals surface area contributed by atoms with Gasteiger partial charge in [0.15, 0.2) is 0 Å². The van der Waals surface area contributed by atoms with Crippen LogP contribution < -0.4 is 0 Å². The first-order valence-corrected chi connectivity index (χ1v) is 4.58. The van der Waals surface area contributed by atoms with Crippen molar-refractivity contribution < 1.29 is 9.32 Å². The summed E-state index contributed by atoms with van der Waals surface area (Å²) in [5.41, 5.74) is 1.98. The van der Waals surface area contributed by atoms with Gasteiger partial charge in [0.25, 0.3) is 5.89 Å². The Labute approximate surface area is 86.9 Å². The Kier molecular flexibility index (Phi) is 2.33. The number of aryl methyl sites for hydroxylation is 1. The Hall–Kier alpha value is -1.97. The largest absolute Gasteiger partial charge is 0.334 e. The summed E-state index contributed by atoms with van der Waals surface area (Å²) in [6, 6.07) is 7.67. The van der Waals surface area contributed by atoms with Gasteiger partial charge >= 0.3 is 0 Å². The lowest BCUT2D eigenvalue weighted by atomic mass is 10.1. The van der Waals surface area contributed by atoms with Crippen molar-refractivity contribution in [3.8, 4) is 11.5 Å². The Morgan fingerprint density at radius 1 is 1.27 bits per heavy atom. The number of rotatable bonds is 2. The molecule has 0 aliphatic rings. The first kappa shape index (κ1) is 9.58. The van der Waals surface area contributed by atoms with Crippen molar-refractivity contribution in [1.29, 1.82) is 0 Å². The topological polar surface area (TPSA) is 56.0 Å². The molecule has 15 heavy (non-hydrogen) atoms. The van der Waals surface area contributed by atoms with Crippen molar-refractivity contribution in [2.75, 3.05) is 0 Å². The highest BCUT2D eigenvalue weighted by molar-refractivity contribution is 5.90. The Morgan fingerprint density at radius 3 is 2.47 bits per heavy atom. The van der Waals surface area contributed by atoms with Gasteiger partial charge in [-0.15, -0.1) is 0 Å². The standard InChI is InChI=1S/C11H10N2O2/c1-7-3-5-9(6-4-7)11-12-10(8(2)14)13-15-11/h3-6H,1-2H3. The molecule has 2 aromatic rings. The van der Waals surface area contributed by atoms with Crippen LogP contribution in [0.4, 0.5) is 0 Å². The lowest BCUT2D eigenvalue weighted by molar-refractivity contribution is 0.100. The predicted octanol–water partition coefficient (Wildman–Crippen LogP) is 2.25. The molecule has 0 bridgehead atoms. The maximum Gasteiger partial charge on any atom is 0.258 e. The monoisotopic (exact) mass is 202 g/mol. The summed E-state index contributed by atoms with van der Waals surface area (Å²) in [4.78, 5) is 14.9. The van der Waals surface area contributed by atoms with Crippen molar-refractivity contribution in [1.82, 2.24) is 10.1 Å². The molecule has 0 saturated carbocycles. The third-order valence-electron chi connectivity index (χ3n) is 2.04. The molecule has 0 N–H and O–H groups in total. The van der Waals surface area contributed by atoms with E-state index in [1.54, 1.807) is 0 Å². The first-order valence-electron chi connectivity index (χ1n) is 4.58. The van der Waals surface area contributed by atoms with E-state index < -0.39 is 0 Å². The maximum absolute atomic E-state index is 11.0. The smallest absolute Gasteiger partial charge is 0.258 e. The predicted molar refractivity (Wildman–Crippen MR) is 54.5 cm³/mol. The fourth-order valence-electron chi connectivity index (χ4n) is 1.18. The van der Waals surface area contributed by atoms with Gasteiger partial charge in [-0.2, -0.15) is 4.98 Å². The number of ketones is 1. The minimum absolute atomic E-state index is 0.116. The Morgan fingerprint density at radius 2 is 1.93 bits per heavy atom. The van der Waals surface area contributed by atoms with E-state index in [9.17, 15) is 4.79 Å². The highest BCUT2D eigenvalue weighted by Crippen LogP contribution is 2.17. The van der Waals surface area contributed by atoms with E-state index in [4.69, 9.17) is 4.52 Å². The minimum atomic E-state index is -0.197. The number of carbonyl (C=O) groups is 1. The van der Waals surface area contributed by atoms with Crippen LogP contribution in [0, 0.1) is 6.92 Å². The van der Waals surface area contributed by atoms with E-state index in [1.807, 2.05) is 31.2 Å². The molecule has 0 spiro atoms. The van der Waals surface area contributed by atoms with Crippen LogP contribution in [0.25, 0.3) is 11.5 Å². The van der Waals surface area contributed by atoms with E-state index in [2.05, 4.69) is 10.1 Å². The van der Waals surface area contributed by atoms with Gasteiger partial charge in [0.1, 0.15) is 0 Å². The normalized spacial score (nSPS) is 10.3. The molecule has 4 heteroatoms. The molecule has 4 nitrogen and oxygen atoms in total. The lowest BCUT2D eigenvalue weighted by Crippen LogP contribution is -1.93. The van der Waals surface area contributed by atoms with Crippen molar-refractivity contribution >= 4 is 5.78 Å². The van der Waals surface area contributed by atoms with Crippen LogP contribution in [-0.4, -0.2) is 15.9 Å². The second kappa shape index (κ2) is 3.65. The molecular weight excluding hydrogens is 192 g/mol. The van der Waals surface area contributed by atoms with Crippen LogP contribution in [0.1, 0.15) is 23.1 Å². The summed E-state index contributed by atoms with van der Waals surface area (Å²) in [6.07, 6.45) is 0. The summed E-state index contributed by atoms with van der Waals surface area (Å²) in [6.45, 7) is 3.41. The number of carbonyl (C=O) groups excluding carboxylic acids is 1. The highest BCUT2D eigenvalue weighted by atomic mass is 16.5. The van der Waals surface area contributed by atoms with Crippen LogP contribution in [0.5, 0.6) is 0 Å². The van der Waals surface area contributed by atoms with E-state index in [1.165, 1.54) is 6.92 Å². The summed E-state index contributed by atoms with van der Waals surface area (Å²) in [5.74, 6) is 0.294. The van der Waals surface area contributed by atoms with Gasteiger partial charge in [-0.25, -0.2) is 0 Å². The quantitative estimate of drug-likeness (QED) is 0.701. The second-order valence-electron chi connectivity index (χ2n) is 3.35. The summed E-state index contributed by atoms with van der Waals surface area (Å²) in [5, 5.41) is 3.58. The average Bonchev–Trinajstić information content (AvgIpc) is 2.68. The molecule has 0 saturated heterocycles. The van der Waals surface area contributed by atoms with Crippen LogP contribution in [-0.2, 0) is 0 Å². The summed E-state index contributed by atoms with van der Waals surface area (Å²) < 4.78 is 4.97. The zero-order valence-corrected chi connectivity index (χ0v) is 8.52. The van der Waals surface area contributed by atoms with Crippen LogP contribution in [0.2, 0.25) is 0 Å². The van der Waals surface area contributed by atoms with Gasteiger partial charge in [0, 0.05) is 12.5 Å². The van der Waals surface area contributed by atoms with Crippen molar-refractivity contribution in [2.45, 2.75) is 13.8 Å². The van der Waals surface area contributed by atoms with Crippen LogP contribution >= 0.6 is 0 Å². The SMILES string of the molecule is CC(=O)c1noc(-c2ccc(C)cc2)n1. The second-order valence-corrected chi connectivity index (χ2v) is 3.35. The first-order chi connectivity index (χ1) is 7.16. The van der Waals surface area contributed by atoms with E-state index in [0.29, 0.717) is 5.89 Å². The van der Waals surface area contributed by atoms with Crippen molar-refractivity contribution in [3.05, 3.63) is 35.7 Å². The molecule has 0 atom stereocenters. The molecule has 1 heterocycles. The number of hydrogen-bond acceptors (Lipinski definition) is 4. The van der Waals surface area contributed by atoms with Gasteiger partial charge in [0.05, 0.1) is 0 Å².